The van der Waals surface area contributed by atoms with Gasteiger partial charge in [-0.05, 0) is 172 Å². The third-order valence-corrected chi connectivity index (χ3v) is 35.3. The van der Waals surface area contributed by atoms with Gasteiger partial charge in [0.25, 0.3) is 0 Å². The average molecular weight is 1990 g/mol. The molecular formula is C136H266N3O3+3. The molecule has 0 radical (unpaired) electrons. The topological polar surface area (TPSA) is 51.2 Å². The van der Waals surface area contributed by atoms with Gasteiger partial charge in [0.1, 0.15) is 0 Å². The molecule has 0 N–H and O–H groups in total. The minimum Gasteiger partial charge on any atom is -0.259 e. The minimum atomic E-state index is -1.56. The molecule has 0 aromatic heterocycles. The van der Waals surface area contributed by atoms with Gasteiger partial charge in [0, 0.05) is 0 Å². The van der Waals surface area contributed by atoms with Gasteiger partial charge >= 0.3 is 17.7 Å². The average Bonchev–Trinajstić information content (AvgIpc) is 0.707. The Kier molecular flexibility index (Phi) is 99.7. The lowest BCUT2D eigenvalue weighted by molar-refractivity contribution is -0.869. The highest BCUT2D eigenvalue weighted by Gasteiger charge is 2.68. The van der Waals surface area contributed by atoms with E-state index in [0.29, 0.717) is 37.6 Å². The van der Waals surface area contributed by atoms with E-state index in [1.165, 1.54) is 570 Å². The molecule has 0 saturated carbocycles. The summed E-state index contributed by atoms with van der Waals surface area (Å²) in [6.45, 7) is 28.9. The molecule has 0 aromatic carbocycles. The summed E-state index contributed by atoms with van der Waals surface area (Å²) in [4.78, 5) is 60.3. The fourth-order valence-electron chi connectivity index (χ4n) is 25.7. The van der Waals surface area contributed by atoms with Gasteiger partial charge in [0.15, 0.2) is 0 Å². The Labute approximate surface area is 895 Å². The molecule has 3 amide bonds. The molecular weight excluding hydrogens is 1720 g/mol. The van der Waals surface area contributed by atoms with Crippen LogP contribution in [-0.2, 0) is 14.4 Å². The lowest BCUT2D eigenvalue weighted by Gasteiger charge is -2.49. The number of hydrogen-bond donors (Lipinski definition) is 0. The number of unbranched alkanes of at least 4 members (excludes halogenated alkanes) is 90. The molecule has 0 heterocycles. The lowest BCUT2D eigenvalue weighted by Crippen LogP contribution is -2.70. The molecule has 2 aliphatic carbocycles. The van der Waals surface area contributed by atoms with Crippen LogP contribution in [0.1, 0.15) is 769 Å². The van der Waals surface area contributed by atoms with Gasteiger partial charge in [0.2, 0.25) is 5.41 Å². The molecule has 0 fully saturated rings. The second kappa shape index (κ2) is 104. The predicted molar refractivity (Wildman–Crippen MR) is 636 cm³/mol. The van der Waals surface area contributed by atoms with Crippen LogP contribution in [0.4, 0.5) is 0 Å². The van der Waals surface area contributed by atoms with Crippen LogP contribution >= 0.6 is 0 Å². The molecule has 0 unspecified atom stereocenters. The Morgan fingerprint density at radius 2 is 0.338 bits per heavy atom. The van der Waals surface area contributed by atoms with Gasteiger partial charge in [-0.1, -0.05) is 614 Å². The normalized spacial score (nSPS) is 14.2. The molecule has 0 bridgehead atoms. The number of amides is 3. The summed E-state index contributed by atoms with van der Waals surface area (Å²) >= 11 is 0. The molecule has 0 saturated heterocycles. The maximum atomic E-state index is 20.2. The fraction of sp³-hybridized carbons (Fsp3) is 0.949. The van der Waals surface area contributed by atoms with Gasteiger partial charge in [-0.2, -0.15) is 0 Å². The molecule has 6 nitrogen and oxygen atoms in total. The minimum absolute atomic E-state index is 0.300. The van der Waals surface area contributed by atoms with Crippen LogP contribution < -0.4 is 0 Å². The zero-order valence-corrected chi connectivity index (χ0v) is 99.8. The van der Waals surface area contributed by atoms with E-state index < -0.39 is 5.41 Å². The van der Waals surface area contributed by atoms with Crippen LogP contribution in [0.15, 0.2) is 22.8 Å². The maximum absolute atomic E-state index is 20.2. The Bertz CT molecular complexity index is 2410. The van der Waals surface area contributed by atoms with Crippen molar-refractivity contribution in [3.63, 3.8) is 0 Å². The van der Waals surface area contributed by atoms with Crippen molar-refractivity contribution in [2.24, 2.45) is 5.41 Å². The molecule has 2 aliphatic rings. The standard InChI is InChI=1S/C136H266N3O3/c1-10-19-28-37-46-55-64-73-82-94-108-121-137(122-109-95-83-74-65-56-47-38-29-20-11-2,123-110-96-84-75-66-57-48-39-30-21-12-3)133(140)132-131(130-117-104-92-91-93-105-118-130)119-106-103-107-120-136(132,134(141)138(124-111-97-85-76-67-58-49-40-31-22-13-4,125-112-98-86-77-68-59-50-41-32-23-14-5)126-113-99-87-78-69-60-51-42-33-24-15-6)135(142)139(127-114-100-88-79-70-61-52-43-34-25-16-7,128-115-101-89-80-71-62-53-44-35-26-17-8)129-116-102-90-81-72-63-54-45-36-27-18-9/h117H,10-116,118-129H2,1-9H3/q+3. The first-order valence-corrected chi connectivity index (χ1v) is 67.8. The predicted octanol–water partition coefficient (Wildman–Crippen LogP) is 46.3. The first-order valence-electron chi connectivity index (χ1n) is 67.8. The second-order valence-corrected chi connectivity index (χ2v) is 48.7. The summed E-state index contributed by atoms with van der Waals surface area (Å²) in [6.07, 6.45) is 142. The summed E-state index contributed by atoms with van der Waals surface area (Å²) in [6, 6.07) is 0. The third kappa shape index (κ3) is 71.3. The van der Waals surface area contributed by atoms with Gasteiger partial charge in [-0.25, -0.2) is 14.4 Å². The van der Waals surface area contributed by atoms with Crippen molar-refractivity contribution < 1.29 is 27.8 Å². The number of carbonyl (C=O) groups excluding carboxylic acids is 3. The van der Waals surface area contributed by atoms with Gasteiger partial charge in [-0.15, -0.1) is 0 Å². The summed E-state index contributed by atoms with van der Waals surface area (Å²) in [5, 5.41) is 0. The van der Waals surface area contributed by atoms with Crippen LogP contribution in [0, 0.1) is 5.41 Å². The van der Waals surface area contributed by atoms with E-state index in [-0.39, 0.29) is 0 Å². The second-order valence-electron chi connectivity index (χ2n) is 48.7. The maximum Gasteiger partial charge on any atom is 0.344 e. The summed E-state index contributed by atoms with van der Waals surface area (Å²) in [7, 11) is 0. The Balaban J connectivity index is 3.73. The number of nitrogens with zero attached hydrogens (tertiary/aromatic N) is 3. The zero-order chi connectivity index (χ0) is 102. The van der Waals surface area contributed by atoms with E-state index in [1.54, 1.807) is 0 Å². The molecule has 2 rings (SSSR count). The summed E-state index contributed by atoms with van der Waals surface area (Å²) in [5.74, 6) is 0.936. The first kappa shape index (κ1) is 136. The summed E-state index contributed by atoms with van der Waals surface area (Å²) in [5.41, 5.74) is 2.03. The Morgan fingerprint density at radius 3 is 0.528 bits per heavy atom. The van der Waals surface area contributed by atoms with Crippen molar-refractivity contribution in [3.8, 4) is 0 Å². The Morgan fingerprint density at radius 1 is 0.183 bits per heavy atom. The summed E-state index contributed by atoms with van der Waals surface area (Å²) < 4.78 is 1.35. The van der Waals surface area contributed by atoms with Crippen molar-refractivity contribution in [3.05, 3.63) is 22.8 Å². The van der Waals surface area contributed by atoms with E-state index in [1.807, 2.05) is 0 Å². The van der Waals surface area contributed by atoms with E-state index in [9.17, 15) is 0 Å². The Hall–Kier alpha value is -1.63. The van der Waals surface area contributed by atoms with Crippen LogP contribution in [0.25, 0.3) is 0 Å². The van der Waals surface area contributed by atoms with Crippen molar-refractivity contribution in [1.29, 1.82) is 0 Å². The molecule has 6 heteroatoms. The van der Waals surface area contributed by atoms with E-state index in [4.69, 9.17) is 0 Å². The van der Waals surface area contributed by atoms with E-state index in [0.717, 1.165) is 206 Å². The first-order chi connectivity index (χ1) is 70.1. The molecule has 142 heavy (non-hydrogen) atoms. The van der Waals surface area contributed by atoms with Crippen molar-refractivity contribution in [2.75, 3.05) is 58.9 Å². The number of carbonyl (C=O) groups is 3. The van der Waals surface area contributed by atoms with Gasteiger partial charge < -0.3 is 0 Å². The lowest BCUT2D eigenvalue weighted by atomic mass is 9.66. The smallest absolute Gasteiger partial charge is 0.259 e. The van der Waals surface area contributed by atoms with Crippen LogP contribution in [0.5, 0.6) is 0 Å². The zero-order valence-electron chi connectivity index (χ0n) is 99.8. The van der Waals surface area contributed by atoms with Crippen LogP contribution in [-0.4, -0.2) is 90.1 Å². The highest BCUT2D eigenvalue weighted by molar-refractivity contribution is 6.12. The third-order valence-electron chi connectivity index (χ3n) is 35.3. The monoisotopic (exact) mass is 1990 g/mol. The number of rotatable bonds is 112. The van der Waals surface area contributed by atoms with E-state index in [2.05, 4.69) is 68.4 Å². The SMILES string of the molecule is CCCCCCCCCCCCC[N+](CCCCCCCCCCCCC)(CCCCCCCCCCCCC)C(=O)C1=C(C2=CCCCCCC2)CCCCCC1(C(=O)[N+](CCCCCCCCCCCCC)(CCCCCCCCCCCCC)CCCCCCCCCCCCC)C(=O)[N+](CCCCCCCCCCCCC)(CCCCCCCCCCCCC)CCCCCCCCCCCCC. The highest BCUT2D eigenvalue weighted by Crippen LogP contribution is 2.51. The van der Waals surface area contributed by atoms with Crippen molar-refractivity contribution in [2.45, 2.75) is 769 Å². The number of hydrogen-bond acceptors (Lipinski definition) is 3. The molecule has 840 valence electrons. The number of quaternary nitrogens is 3. The fourth-order valence-corrected chi connectivity index (χ4v) is 25.7. The van der Waals surface area contributed by atoms with E-state index >= 15 is 14.4 Å². The molecule has 0 atom stereocenters. The molecule has 0 spiro atoms. The van der Waals surface area contributed by atoms with Gasteiger partial charge in [0.05, 0.1) is 64.5 Å². The quantitative estimate of drug-likeness (QED) is 0.0346. The number of allylic oxidation sites excluding steroid dienone is 3. The molecule has 0 aromatic rings. The highest BCUT2D eigenvalue weighted by atomic mass is 16.2. The van der Waals surface area contributed by atoms with Gasteiger partial charge in [-0.3, -0.25) is 13.4 Å². The van der Waals surface area contributed by atoms with Crippen LogP contribution in [0.2, 0.25) is 0 Å². The van der Waals surface area contributed by atoms with Crippen LogP contribution in [0.3, 0.4) is 0 Å². The largest absolute Gasteiger partial charge is 0.344 e. The van der Waals surface area contributed by atoms with Crippen molar-refractivity contribution >= 4 is 17.7 Å². The van der Waals surface area contributed by atoms with Crippen molar-refractivity contribution in [1.82, 2.24) is 0 Å². The molecule has 0 aliphatic heterocycles.